The maximum absolute atomic E-state index is 5.49. The van der Waals surface area contributed by atoms with E-state index in [4.69, 9.17) is 9.72 Å². The molecule has 4 heterocycles. The van der Waals surface area contributed by atoms with Crippen LogP contribution in [-0.2, 0) is 17.8 Å². The molecule has 0 amide bonds. The molecule has 1 aliphatic rings. The number of aromatic nitrogens is 6. The number of ether oxygens (including phenoxy) is 1. The first-order valence-electron chi connectivity index (χ1n) is 12.1. The minimum atomic E-state index is 0.501. The molecule has 0 radical (unpaired) electrons. The largest absolute Gasteiger partial charge is 0.378 e. The molecule has 10 nitrogen and oxygen atoms in total. The van der Waals surface area contributed by atoms with E-state index >= 15 is 0 Å². The molecule has 35 heavy (non-hydrogen) atoms. The summed E-state index contributed by atoms with van der Waals surface area (Å²) in [6, 6.07) is 8.61. The fourth-order valence-electron chi connectivity index (χ4n) is 4.55. The monoisotopic (exact) mass is 475 g/mol. The molecule has 3 aromatic heterocycles. The second-order valence-corrected chi connectivity index (χ2v) is 9.49. The molecule has 10 heteroatoms. The van der Waals surface area contributed by atoms with Crippen molar-refractivity contribution in [2.45, 2.75) is 20.0 Å². The number of hydrogen-bond acceptors (Lipinski definition) is 8. The van der Waals surface area contributed by atoms with E-state index < -0.39 is 0 Å². The van der Waals surface area contributed by atoms with Crippen molar-refractivity contribution in [3.63, 3.8) is 0 Å². The number of nitrogens with one attached hydrogen (secondary N) is 1. The Kier molecular flexibility index (Phi) is 6.91. The van der Waals surface area contributed by atoms with Gasteiger partial charge in [0.05, 0.1) is 43.2 Å². The first kappa shape index (κ1) is 23.3. The highest BCUT2D eigenvalue weighted by Gasteiger charge is 2.13. The minimum absolute atomic E-state index is 0.501. The Morgan fingerprint density at radius 2 is 1.97 bits per heavy atom. The zero-order chi connectivity index (χ0) is 24.2. The number of morpholine rings is 1. The highest BCUT2D eigenvalue weighted by Crippen LogP contribution is 2.21. The van der Waals surface area contributed by atoms with Gasteiger partial charge < -0.3 is 19.9 Å². The Hall–Kier alpha value is -3.50. The average molecular weight is 476 g/mol. The van der Waals surface area contributed by atoms with Crippen molar-refractivity contribution in [2.75, 3.05) is 57.2 Å². The lowest BCUT2D eigenvalue weighted by atomic mass is 10.2. The molecule has 1 atom stereocenters. The number of anilines is 3. The maximum Gasteiger partial charge on any atom is 0.229 e. The molecule has 1 aromatic carbocycles. The number of nitrogens with zero attached hydrogens (tertiary/aromatic N) is 8. The van der Waals surface area contributed by atoms with Gasteiger partial charge in [0.25, 0.3) is 0 Å². The van der Waals surface area contributed by atoms with E-state index in [9.17, 15) is 0 Å². The van der Waals surface area contributed by atoms with Crippen LogP contribution >= 0.6 is 0 Å². The summed E-state index contributed by atoms with van der Waals surface area (Å²) in [6.45, 7) is 8.12. The minimum Gasteiger partial charge on any atom is -0.378 e. The van der Waals surface area contributed by atoms with Gasteiger partial charge in [0.1, 0.15) is 0 Å². The van der Waals surface area contributed by atoms with Crippen molar-refractivity contribution in [1.29, 1.82) is 0 Å². The van der Waals surface area contributed by atoms with Gasteiger partial charge in [0.2, 0.25) is 5.95 Å². The fraction of sp³-hybridized carbons (Fsp3) is 0.440. The SMILES string of the molecule is CC(CN(C)C)Cn1cc(Nc2ncc3cnn(Cc4cccc(N5CCOCC5)c4)c3n2)cn1. The lowest BCUT2D eigenvalue weighted by Gasteiger charge is -2.29. The topological polar surface area (TPSA) is 89.2 Å². The van der Waals surface area contributed by atoms with E-state index in [0.717, 1.165) is 56.1 Å². The Morgan fingerprint density at radius 1 is 1.11 bits per heavy atom. The predicted molar refractivity (Wildman–Crippen MR) is 137 cm³/mol. The van der Waals surface area contributed by atoms with Crippen LogP contribution in [0.4, 0.5) is 17.3 Å². The van der Waals surface area contributed by atoms with Crippen LogP contribution in [-0.4, -0.2) is 81.4 Å². The van der Waals surface area contributed by atoms with E-state index in [0.29, 0.717) is 18.4 Å². The van der Waals surface area contributed by atoms with Gasteiger partial charge >= 0.3 is 0 Å². The van der Waals surface area contributed by atoms with Crippen molar-refractivity contribution in [3.8, 4) is 0 Å². The molecule has 184 valence electrons. The second-order valence-electron chi connectivity index (χ2n) is 9.49. The summed E-state index contributed by atoms with van der Waals surface area (Å²) in [6.07, 6.45) is 7.43. The fourth-order valence-corrected chi connectivity index (χ4v) is 4.55. The Bertz CT molecular complexity index is 1260. The maximum atomic E-state index is 5.49. The van der Waals surface area contributed by atoms with Crippen LogP contribution < -0.4 is 10.2 Å². The van der Waals surface area contributed by atoms with Gasteiger partial charge in [0, 0.05) is 44.3 Å². The summed E-state index contributed by atoms with van der Waals surface area (Å²) < 4.78 is 9.37. The molecular weight excluding hydrogens is 442 g/mol. The predicted octanol–water partition coefficient (Wildman–Crippen LogP) is 2.85. The van der Waals surface area contributed by atoms with Crippen molar-refractivity contribution in [3.05, 3.63) is 54.6 Å². The second kappa shape index (κ2) is 10.4. The highest BCUT2D eigenvalue weighted by molar-refractivity contribution is 5.75. The first-order chi connectivity index (χ1) is 17.0. The van der Waals surface area contributed by atoms with E-state index in [1.807, 2.05) is 34.2 Å². The molecule has 4 aromatic rings. The van der Waals surface area contributed by atoms with Crippen LogP contribution in [0.5, 0.6) is 0 Å². The lowest BCUT2D eigenvalue weighted by Crippen LogP contribution is -2.36. The molecule has 1 fully saturated rings. The summed E-state index contributed by atoms with van der Waals surface area (Å²) >= 11 is 0. The van der Waals surface area contributed by atoms with Gasteiger partial charge in [-0.25, -0.2) is 9.67 Å². The quantitative estimate of drug-likeness (QED) is 0.395. The van der Waals surface area contributed by atoms with Gasteiger partial charge in [-0.05, 0) is 37.7 Å². The average Bonchev–Trinajstić information content (AvgIpc) is 3.46. The van der Waals surface area contributed by atoms with Crippen LogP contribution in [0.15, 0.2) is 49.1 Å². The highest BCUT2D eigenvalue weighted by atomic mass is 16.5. The third-order valence-electron chi connectivity index (χ3n) is 6.06. The summed E-state index contributed by atoms with van der Waals surface area (Å²) in [5.74, 6) is 1.03. The normalized spacial score (nSPS) is 15.1. The van der Waals surface area contributed by atoms with E-state index in [1.165, 1.54) is 11.3 Å². The lowest BCUT2D eigenvalue weighted by molar-refractivity contribution is 0.122. The van der Waals surface area contributed by atoms with Crippen LogP contribution in [0.2, 0.25) is 0 Å². The zero-order valence-corrected chi connectivity index (χ0v) is 20.6. The van der Waals surface area contributed by atoms with Crippen LogP contribution in [0.1, 0.15) is 12.5 Å². The molecule has 1 saturated heterocycles. The van der Waals surface area contributed by atoms with Crippen LogP contribution in [0.25, 0.3) is 11.0 Å². The van der Waals surface area contributed by atoms with Crippen LogP contribution in [0.3, 0.4) is 0 Å². The van der Waals surface area contributed by atoms with Gasteiger partial charge in [-0.15, -0.1) is 0 Å². The number of benzene rings is 1. The van der Waals surface area contributed by atoms with Gasteiger partial charge in [-0.3, -0.25) is 4.68 Å². The van der Waals surface area contributed by atoms with Gasteiger partial charge in [-0.2, -0.15) is 15.2 Å². The van der Waals surface area contributed by atoms with Crippen molar-refractivity contribution in [2.24, 2.45) is 5.92 Å². The summed E-state index contributed by atoms with van der Waals surface area (Å²) in [5, 5.41) is 13.3. The molecule has 0 spiro atoms. The Balaban J connectivity index is 1.29. The van der Waals surface area contributed by atoms with Crippen LogP contribution in [0, 0.1) is 5.92 Å². The third-order valence-corrected chi connectivity index (χ3v) is 6.06. The zero-order valence-electron chi connectivity index (χ0n) is 20.6. The van der Waals surface area contributed by atoms with E-state index in [2.05, 4.69) is 75.6 Å². The molecule has 1 N–H and O–H groups in total. The number of rotatable bonds is 9. The molecule has 0 bridgehead atoms. The number of hydrogen-bond donors (Lipinski definition) is 1. The smallest absolute Gasteiger partial charge is 0.229 e. The van der Waals surface area contributed by atoms with E-state index in [1.54, 1.807) is 0 Å². The molecular formula is C25H33N9O. The number of fused-ring (bicyclic) bond motifs is 1. The molecule has 1 aliphatic heterocycles. The standard InChI is InChI=1S/C25H33N9O/c1-19(15-31(2)3)16-33-18-22(14-27-33)29-25-26-12-21-13-28-34(24(21)30-25)17-20-5-4-6-23(11-20)32-7-9-35-10-8-32/h4-6,11-14,18-19H,7-10,15-17H2,1-3H3,(H,26,29,30). The van der Waals surface area contributed by atoms with Crippen molar-refractivity contribution >= 4 is 28.4 Å². The summed E-state index contributed by atoms with van der Waals surface area (Å²) in [7, 11) is 4.18. The Labute approximate surface area is 205 Å². The Morgan fingerprint density at radius 3 is 2.80 bits per heavy atom. The summed E-state index contributed by atoms with van der Waals surface area (Å²) in [4.78, 5) is 13.8. The molecule has 0 saturated carbocycles. The van der Waals surface area contributed by atoms with Crippen molar-refractivity contribution < 1.29 is 4.74 Å². The van der Waals surface area contributed by atoms with Crippen molar-refractivity contribution in [1.82, 2.24) is 34.4 Å². The molecule has 1 unspecified atom stereocenters. The molecule has 5 rings (SSSR count). The van der Waals surface area contributed by atoms with E-state index in [-0.39, 0.29) is 0 Å². The third kappa shape index (κ3) is 5.77. The summed E-state index contributed by atoms with van der Waals surface area (Å²) in [5.41, 5.74) is 4.06. The van der Waals surface area contributed by atoms with Gasteiger partial charge in [0.15, 0.2) is 5.65 Å². The molecule has 0 aliphatic carbocycles. The first-order valence-corrected chi connectivity index (χ1v) is 12.1. The van der Waals surface area contributed by atoms with Gasteiger partial charge in [-0.1, -0.05) is 19.1 Å².